The molecule has 154 valence electrons. The Morgan fingerprint density at radius 1 is 1.11 bits per heavy atom. The highest BCUT2D eigenvalue weighted by atomic mass is 28.4. The molecule has 0 aromatic heterocycles. The highest BCUT2D eigenvalue weighted by Gasteiger charge is 2.38. The molecule has 0 fully saturated rings. The fraction of sp³-hybridized carbons (Fsp3) is 0.636. The van der Waals surface area contributed by atoms with Crippen LogP contribution >= 0.6 is 0 Å². The molecule has 0 aliphatic carbocycles. The monoisotopic (exact) mass is 394 g/mol. The first-order valence-electron chi connectivity index (χ1n) is 9.77. The molecule has 0 saturated heterocycles. The number of benzene rings is 1. The van der Waals surface area contributed by atoms with Crippen molar-refractivity contribution in [2.75, 3.05) is 13.7 Å². The Balaban J connectivity index is 2.56. The van der Waals surface area contributed by atoms with Gasteiger partial charge in [-0.1, -0.05) is 39.0 Å². The molecule has 0 heterocycles. The third-order valence-electron chi connectivity index (χ3n) is 5.36. The third kappa shape index (κ3) is 8.17. The zero-order valence-electron chi connectivity index (χ0n) is 18.0. The molecule has 1 aromatic carbocycles. The van der Waals surface area contributed by atoms with Crippen molar-refractivity contribution in [3.05, 3.63) is 42.5 Å². The molecule has 1 N–H and O–H groups in total. The lowest BCUT2D eigenvalue weighted by Crippen LogP contribution is -2.44. The molecular formula is C22H38O4Si. The lowest BCUT2D eigenvalue weighted by Gasteiger charge is -2.39. The van der Waals surface area contributed by atoms with Crippen molar-refractivity contribution >= 4 is 8.32 Å². The second-order valence-electron chi connectivity index (χ2n) is 8.57. The van der Waals surface area contributed by atoms with E-state index < -0.39 is 8.32 Å². The number of hydrogen-bond donors (Lipinski definition) is 1. The second kappa shape index (κ2) is 11.0. The van der Waals surface area contributed by atoms with Crippen molar-refractivity contribution in [2.24, 2.45) is 0 Å². The van der Waals surface area contributed by atoms with Gasteiger partial charge in [0, 0.05) is 6.10 Å². The topological polar surface area (TPSA) is 47.9 Å². The summed E-state index contributed by atoms with van der Waals surface area (Å²) in [5.41, 5.74) is 1.06. The van der Waals surface area contributed by atoms with Crippen LogP contribution in [0.4, 0.5) is 0 Å². The molecule has 2 atom stereocenters. The smallest absolute Gasteiger partial charge is 0.192 e. The van der Waals surface area contributed by atoms with Gasteiger partial charge in [0.25, 0.3) is 0 Å². The second-order valence-corrected chi connectivity index (χ2v) is 13.3. The van der Waals surface area contributed by atoms with Crippen LogP contribution < -0.4 is 4.74 Å². The Morgan fingerprint density at radius 3 is 2.19 bits per heavy atom. The van der Waals surface area contributed by atoms with Crippen molar-refractivity contribution in [3.63, 3.8) is 0 Å². The predicted molar refractivity (Wildman–Crippen MR) is 115 cm³/mol. The first kappa shape index (κ1) is 23.9. The van der Waals surface area contributed by atoms with Gasteiger partial charge in [-0.2, -0.15) is 0 Å². The van der Waals surface area contributed by atoms with Gasteiger partial charge >= 0.3 is 0 Å². The fourth-order valence-electron chi connectivity index (χ4n) is 2.54. The van der Waals surface area contributed by atoms with Crippen molar-refractivity contribution in [1.29, 1.82) is 0 Å². The quantitative estimate of drug-likeness (QED) is 0.385. The largest absolute Gasteiger partial charge is 0.497 e. The summed E-state index contributed by atoms with van der Waals surface area (Å²) in [4.78, 5) is 0. The van der Waals surface area contributed by atoms with E-state index >= 15 is 0 Å². The van der Waals surface area contributed by atoms with Gasteiger partial charge in [-0.05, 0) is 55.1 Å². The molecule has 1 aromatic rings. The summed E-state index contributed by atoms with van der Waals surface area (Å²) in [6.07, 6.45) is 4.30. The Hall–Kier alpha value is -1.14. The minimum absolute atomic E-state index is 0.0110. The van der Waals surface area contributed by atoms with Gasteiger partial charge in [0.05, 0.1) is 26.4 Å². The third-order valence-corrected chi connectivity index (χ3v) is 9.89. The molecule has 0 aliphatic heterocycles. The van der Waals surface area contributed by atoms with Crippen LogP contribution in [0.3, 0.4) is 0 Å². The van der Waals surface area contributed by atoms with Gasteiger partial charge < -0.3 is 19.0 Å². The van der Waals surface area contributed by atoms with Gasteiger partial charge in [0.1, 0.15) is 5.75 Å². The zero-order chi connectivity index (χ0) is 20.5. The molecule has 0 amide bonds. The van der Waals surface area contributed by atoms with Crippen LogP contribution in [0.1, 0.15) is 45.6 Å². The Bertz CT molecular complexity index is 548. The number of aliphatic hydroxyl groups excluding tert-OH is 1. The molecule has 0 aliphatic rings. The molecule has 0 saturated carbocycles. The molecule has 0 radical (unpaired) electrons. The molecule has 5 heteroatoms. The van der Waals surface area contributed by atoms with Gasteiger partial charge in [0.15, 0.2) is 8.32 Å². The molecule has 1 rings (SSSR count). The van der Waals surface area contributed by atoms with E-state index in [0.717, 1.165) is 30.6 Å². The van der Waals surface area contributed by atoms with Crippen LogP contribution in [-0.2, 0) is 15.8 Å². The minimum atomic E-state index is -1.83. The average molecular weight is 395 g/mol. The molecule has 0 spiro atoms. The van der Waals surface area contributed by atoms with E-state index in [1.165, 1.54) is 0 Å². The molecule has 27 heavy (non-hydrogen) atoms. The van der Waals surface area contributed by atoms with E-state index in [1.54, 1.807) is 7.11 Å². The van der Waals surface area contributed by atoms with Crippen LogP contribution in [0.25, 0.3) is 0 Å². The molecule has 4 nitrogen and oxygen atoms in total. The lowest BCUT2D eigenvalue weighted by atomic mass is 10.1. The van der Waals surface area contributed by atoms with Crippen LogP contribution in [-0.4, -0.2) is 39.3 Å². The first-order chi connectivity index (χ1) is 12.6. The normalized spacial score (nSPS) is 14.6. The maximum Gasteiger partial charge on any atom is 0.192 e. The first-order valence-corrected chi connectivity index (χ1v) is 12.7. The highest BCUT2D eigenvalue weighted by molar-refractivity contribution is 6.74. The summed E-state index contributed by atoms with van der Waals surface area (Å²) >= 11 is 0. The number of rotatable bonds is 12. The van der Waals surface area contributed by atoms with E-state index in [1.807, 2.05) is 30.3 Å². The van der Waals surface area contributed by atoms with E-state index in [-0.39, 0.29) is 23.9 Å². The van der Waals surface area contributed by atoms with E-state index in [0.29, 0.717) is 6.61 Å². The van der Waals surface area contributed by atoms with Gasteiger partial charge in [-0.15, -0.1) is 6.58 Å². The van der Waals surface area contributed by atoms with E-state index in [4.69, 9.17) is 13.9 Å². The Labute approximate surface area is 166 Å². The molecule has 0 unspecified atom stereocenters. The van der Waals surface area contributed by atoms with Crippen molar-refractivity contribution < 1.29 is 19.0 Å². The maximum absolute atomic E-state index is 9.69. The minimum Gasteiger partial charge on any atom is -0.497 e. The van der Waals surface area contributed by atoms with Crippen LogP contribution in [0.5, 0.6) is 5.75 Å². The van der Waals surface area contributed by atoms with Gasteiger partial charge in [-0.25, -0.2) is 0 Å². The average Bonchev–Trinajstić information content (AvgIpc) is 2.61. The summed E-state index contributed by atoms with van der Waals surface area (Å²) in [5, 5.41) is 9.87. The SMILES string of the molecule is C=CC[C@H](CC[C@@H](CO)OCc1ccc(OC)cc1)O[Si](C)(C)C(C)(C)C. The Morgan fingerprint density at radius 2 is 1.70 bits per heavy atom. The molecular weight excluding hydrogens is 356 g/mol. The van der Waals surface area contributed by atoms with Crippen molar-refractivity contribution in [2.45, 2.75) is 77.0 Å². The van der Waals surface area contributed by atoms with Crippen molar-refractivity contribution in [1.82, 2.24) is 0 Å². The Kier molecular flexibility index (Phi) is 9.74. The van der Waals surface area contributed by atoms with E-state index in [9.17, 15) is 5.11 Å². The van der Waals surface area contributed by atoms with Gasteiger partial charge in [0.2, 0.25) is 0 Å². The number of ether oxygens (including phenoxy) is 2. The maximum atomic E-state index is 9.69. The summed E-state index contributed by atoms with van der Waals surface area (Å²) in [7, 11) is -0.179. The summed E-state index contributed by atoms with van der Waals surface area (Å²) in [6.45, 7) is 15.6. The van der Waals surface area contributed by atoms with Crippen LogP contribution in [0, 0.1) is 0 Å². The van der Waals surface area contributed by atoms with Crippen LogP contribution in [0.15, 0.2) is 36.9 Å². The van der Waals surface area contributed by atoms with Gasteiger partial charge in [-0.3, -0.25) is 0 Å². The lowest BCUT2D eigenvalue weighted by molar-refractivity contribution is -0.00909. The summed E-state index contributed by atoms with van der Waals surface area (Å²) in [6, 6.07) is 7.79. The van der Waals surface area contributed by atoms with Crippen LogP contribution in [0.2, 0.25) is 18.1 Å². The standard InChI is InChI=1S/C22H38O4Si/c1-8-9-20(26-27(6,7)22(2,3)4)14-15-21(16-23)25-17-18-10-12-19(24-5)13-11-18/h8,10-13,20-21,23H,1,9,14-17H2,2-7H3/t20-,21+/m1/s1. The zero-order valence-corrected chi connectivity index (χ0v) is 19.0. The fourth-order valence-corrected chi connectivity index (χ4v) is 3.94. The summed E-state index contributed by atoms with van der Waals surface area (Å²) < 4.78 is 17.6. The number of methoxy groups -OCH3 is 1. The number of aliphatic hydroxyl groups is 1. The molecule has 0 bridgehead atoms. The predicted octanol–water partition coefficient (Wildman–Crippen LogP) is 5.32. The number of hydrogen-bond acceptors (Lipinski definition) is 4. The van der Waals surface area contributed by atoms with E-state index in [2.05, 4.69) is 40.4 Å². The summed E-state index contributed by atoms with van der Waals surface area (Å²) in [5.74, 6) is 0.826. The highest BCUT2D eigenvalue weighted by Crippen LogP contribution is 2.38. The van der Waals surface area contributed by atoms with Crippen molar-refractivity contribution in [3.8, 4) is 5.75 Å².